The molecule has 158 valence electrons. The molecule has 0 bridgehead atoms. The zero-order valence-electron chi connectivity index (χ0n) is 18.1. The van der Waals surface area contributed by atoms with Crippen LogP contribution in [0.3, 0.4) is 0 Å². The van der Waals surface area contributed by atoms with Crippen molar-refractivity contribution in [3.8, 4) is 17.3 Å². The lowest BCUT2D eigenvalue weighted by atomic mass is 9.79. The van der Waals surface area contributed by atoms with Crippen LogP contribution in [0.15, 0.2) is 31.0 Å². The maximum atomic E-state index is 9.24. The summed E-state index contributed by atoms with van der Waals surface area (Å²) in [6.45, 7) is 8.34. The third-order valence-corrected chi connectivity index (χ3v) is 7.70. The van der Waals surface area contributed by atoms with Crippen molar-refractivity contribution < 1.29 is 4.74 Å². The summed E-state index contributed by atoms with van der Waals surface area (Å²) in [4.78, 5) is 9.03. The van der Waals surface area contributed by atoms with Gasteiger partial charge in [0.25, 0.3) is 0 Å². The van der Waals surface area contributed by atoms with Crippen LogP contribution in [0.1, 0.15) is 31.7 Å². The van der Waals surface area contributed by atoms with E-state index in [9.17, 15) is 5.26 Å². The lowest BCUT2D eigenvalue weighted by Crippen LogP contribution is -2.25. The molecule has 1 fully saturated rings. The Kier molecular flexibility index (Phi) is 6.02. The number of nitrogens with zero attached hydrogens (tertiary/aromatic N) is 6. The topological polar surface area (TPSA) is 81.5 Å². The highest BCUT2D eigenvalue weighted by Crippen LogP contribution is 2.38. The van der Waals surface area contributed by atoms with Gasteiger partial charge in [0, 0.05) is 38.0 Å². The van der Waals surface area contributed by atoms with Crippen LogP contribution in [-0.4, -0.2) is 39.0 Å². The predicted molar refractivity (Wildman–Crippen MR) is 119 cm³/mol. The first kappa shape index (κ1) is 20.8. The molecular weight excluding hydrogens is 392 g/mol. The van der Waals surface area contributed by atoms with E-state index in [-0.39, 0.29) is 6.04 Å². The molecule has 4 rings (SSSR count). The summed E-state index contributed by atoms with van der Waals surface area (Å²) in [5.41, 5.74) is 2.70. The molecular formula is C22H30N6OSi. The van der Waals surface area contributed by atoms with Gasteiger partial charge in [0.15, 0.2) is 0 Å². The van der Waals surface area contributed by atoms with Crippen molar-refractivity contribution in [2.24, 2.45) is 5.92 Å². The van der Waals surface area contributed by atoms with Crippen molar-refractivity contribution in [3.05, 3.63) is 31.0 Å². The van der Waals surface area contributed by atoms with Gasteiger partial charge in [-0.1, -0.05) is 26.1 Å². The number of rotatable bonds is 9. The van der Waals surface area contributed by atoms with Gasteiger partial charge in [0.2, 0.25) is 0 Å². The van der Waals surface area contributed by atoms with Crippen LogP contribution in [0.5, 0.6) is 0 Å². The molecule has 7 nitrogen and oxygen atoms in total. The van der Waals surface area contributed by atoms with Gasteiger partial charge in [0.05, 0.1) is 30.4 Å². The van der Waals surface area contributed by atoms with Gasteiger partial charge in [-0.3, -0.25) is 4.68 Å². The molecule has 1 atom stereocenters. The van der Waals surface area contributed by atoms with Crippen LogP contribution < -0.4 is 0 Å². The molecule has 0 N–H and O–H groups in total. The second-order valence-electron chi connectivity index (χ2n) is 9.42. The van der Waals surface area contributed by atoms with E-state index in [0.717, 1.165) is 34.9 Å². The zero-order valence-corrected chi connectivity index (χ0v) is 19.1. The van der Waals surface area contributed by atoms with E-state index in [0.29, 0.717) is 19.1 Å². The molecule has 0 saturated heterocycles. The standard InChI is InChI=1S/C22H30N6OSi/c1-30(2,3)12-11-29-16-27-10-8-19-21(24-15-25-22(19)27)18-13-26-28(14-18)20(7-9-23)17-5-4-6-17/h8,10,13-15,17,20H,4-7,11-12,16H2,1-3H3. The zero-order chi connectivity index (χ0) is 21.1. The third-order valence-electron chi connectivity index (χ3n) is 5.99. The van der Waals surface area contributed by atoms with E-state index in [1.165, 1.54) is 19.3 Å². The van der Waals surface area contributed by atoms with Crippen molar-refractivity contribution in [1.29, 1.82) is 5.26 Å². The molecule has 0 spiro atoms. The van der Waals surface area contributed by atoms with Crippen molar-refractivity contribution in [3.63, 3.8) is 0 Å². The fraction of sp³-hybridized carbons (Fsp3) is 0.545. The molecule has 8 heteroatoms. The number of hydrogen-bond donors (Lipinski definition) is 0. The average Bonchev–Trinajstić information content (AvgIpc) is 3.30. The second-order valence-corrected chi connectivity index (χ2v) is 15.0. The van der Waals surface area contributed by atoms with Crippen LogP contribution in [0.4, 0.5) is 0 Å². The Morgan fingerprint density at radius 3 is 2.83 bits per heavy atom. The Morgan fingerprint density at radius 1 is 1.30 bits per heavy atom. The van der Waals surface area contributed by atoms with E-state index in [4.69, 9.17) is 4.74 Å². The number of hydrogen-bond acceptors (Lipinski definition) is 5. The number of nitriles is 1. The van der Waals surface area contributed by atoms with Gasteiger partial charge in [-0.15, -0.1) is 0 Å². The van der Waals surface area contributed by atoms with E-state index in [2.05, 4.69) is 40.8 Å². The predicted octanol–water partition coefficient (Wildman–Crippen LogP) is 4.86. The van der Waals surface area contributed by atoms with Crippen LogP contribution >= 0.6 is 0 Å². The van der Waals surface area contributed by atoms with Gasteiger partial charge in [0.1, 0.15) is 18.7 Å². The van der Waals surface area contributed by atoms with Crippen molar-refractivity contribution in [2.45, 2.75) is 64.1 Å². The molecule has 1 aliphatic carbocycles. The van der Waals surface area contributed by atoms with Gasteiger partial charge in [-0.05, 0) is 30.9 Å². The Labute approximate surface area is 178 Å². The summed E-state index contributed by atoms with van der Waals surface area (Å²) in [5, 5.41) is 14.8. The molecule has 0 amide bonds. The normalized spacial score (nSPS) is 15.8. The number of ether oxygens (including phenoxy) is 1. The first-order chi connectivity index (χ1) is 14.5. The summed E-state index contributed by atoms with van der Waals surface area (Å²) < 4.78 is 9.90. The quantitative estimate of drug-likeness (QED) is 0.363. The maximum Gasteiger partial charge on any atom is 0.145 e. The molecule has 30 heavy (non-hydrogen) atoms. The van der Waals surface area contributed by atoms with Crippen LogP contribution in [0.25, 0.3) is 22.3 Å². The van der Waals surface area contributed by atoms with Gasteiger partial charge >= 0.3 is 0 Å². The highest BCUT2D eigenvalue weighted by molar-refractivity contribution is 6.76. The number of fused-ring (bicyclic) bond motifs is 1. The highest BCUT2D eigenvalue weighted by Gasteiger charge is 2.29. The summed E-state index contributed by atoms with van der Waals surface area (Å²) in [6.07, 6.45) is 11.6. The van der Waals surface area contributed by atoms with E-state index >= 15 is 0 Å². The lowest BCUT2D eigenvalue weighted by molar-refractivity contribution is 0.0899. The lowest BCUT2D eigenvalue weighted by Gasteiger charge is -2.32. The number of aromatic nitrogens is 5. The Bertz CT molecular complexity index is 1040. The fourth-order valence-electron chi connectivity index (χ4n) is 3.92. The molecule has 0 aliphatic heterocycles. The van der Waals surface area contributed by atoms with Crippen LogP contribution in [0.2, 0.25) is 25.7 Å². The molecule has 0 aromatic carbocycles. The first-order valence-electron chi connectivity index (χ1n) is 10.8. The van der Waals surface area contributed by atoms with E-state index in [1.54, 1.807) is 6.33 Å². The van der Waals surface area contributed by atoms with Gasteiger partial charge in [-0.2, -0.15) is 10.4 Å². The molecule has 3 heterocycles. The Balaban J connectivity index is 1.53. The molecule has 1 aliphatic rings. The molecule has 0 radical (unpaired) electrons. The average molecular weight is 423 g/mol. The Hall–Kier alpha value is -2.50. The molecule has 1 saturated carbocycles. The summed E-state index contributed by atoms with van der Waals surface area (Å²) >= 11 is 0. The first-order valence-corrected chi connectivity index (χ1v) is 14.5. The smallest absolute Gasteiger partial charge is 0.145 e. The fourth-order valence-corrected chi connectivity index (χ4v) is 4.67. The molecule has 1 unspecified atom stereocenters. The highest BCUT2D eigenvalue weighted by atomic mass is 28.3. The molecule has 3 aromatic rings. The Morgan fingerprint density at radius 2 is 2.13 bits per heavy atom. The summed E-state index contributed by atoms with van der Waals surface area (Å²) in [6, 6.07) is 5.68. The second kappa shape index (κ2) is 8.70. The monoisotopic (exact) mass is 422 g/mol. The van der Waals surface area contributed by atoms with E-state index in [1.807, 2.05) is 33.9 Å². The summed E-state index contributed by atoms with van der Waals surface area (Å²) in [7, 11) is -1.10. The van der Waals surface area contributed by atoms with E-state index < -0.39 is 8.07 Å². The van der Waals surface area contributed by atoms with Crippen molar-refractivity contribution in [2.75, 3.05) is 6.61 Å². The van der Waals surface area contributed by atoms with Crippen LogP contribution in [0, 0.1) is 17.2 Å². The minimum atomic E-state index is -1.10. The van der Waals surface area contributed by atoms with Gasteiger partial charge in [-0.25, -0.2) is 9.97 Å². The largest absolute Gasteiger partial charge is 0.361 e. The third kappa shape index (κ3) is 4.47. The van der Waals surface area contributed by atoms with Crippen LogP contribution in [-0.2, 0) is 11.5 Å². The SMILES string of the molecule is C[Si](C)(C)CCOCn1ccc2c(-c3cnn(C(CC#N)C4CCC4)c3)ncnc21. The van der Waals surface area contributed by atoms with Crippen molar-refractivity contribution in [1.82, 2.24) is 24.3 Å². The minimum Gasteiger partial charge on any atom is -0.361 e. The molecule has 3 aromatic heterocycles. The minimum absolute atomic E-state index is 0.152. The van der Waals surface area contributed by atoms with Crippen molar-refractivity contribution >= 4 is 19.1 Å². The summed E-state index contributed by atoms with van der Waals surface area (Å²) in [5.74, 6) is 0.553. The maximum absolute atomic E-state index is 9.24. The van der Waals surface area contributed by atoms with Gasteiger partial charge < -0.3 is 9.30 Å².